The predicted molar refractivity (Wildman–Crippen MR) is 177 cm³/mol. The van der Waals surface area contributed by atoms with Crippen molar-refractivity contribution in [1.82, 2.24) is 0 Å². The fraction of sp³-hybridized carbons (Fsp3) is 0.667. The number of carbonyl (C=O) groups is 2. The number of ether oxygens (including phenoxy) is 2. The summed E-state index contributed by atoms with van der Waals surface area (Å²) in [6.07, 6.45) is 25.3. The number of aliphatic hydroxyl groups is 4. The first-order valence-electron chi connectivity index (χ1n) is 16.5. The normalized spacial score (nSPS) is 15.3. The molecule has 0 amide bonds. The molecular weight excluding hydrogens is 560 g/mol. The number of carbonyl (C=O) groups excluding carboxylic acids is 2. The third kappa shape index (κ3) is 27.1. The van der Waals surface area contributed by atoms with Crippen molar-refractivity contribution in [3.8, 4) is 0 Å². The van der Waals surface area contributed by atoms with Gasteiger partial charge in [0.15, 0.2) is 6.10 Å². The topological polar surface area (TPSA) is 134 Å². The molecule has 4 atom stereocenters. The van der Waals surface area contributed by atoms with Gasteiger partial charge in [-0.3, -0.25) is 9.59 Å². The molecule has 252 valence electrons. The molecule has 0 aliphatic carbocycles. The summed E-state index contributed by atoms with van der Waals surface area (Å²) < 4.78 is 10.4. The highest BCUT2D eigenvalue weighted by molar-refractivity contribution is 5.70. The molecule has 8 heteroatoms. The van der Waals surface area contributed by atoms with Crippen LogP contribution in [0.1, 0.15) is 111 Å². The maximum atomic E-state index is 12.1. The molecule has 0 saturated heterocycles. The molecule has 0 heterocycles. The number of aliphatic hydroxyl groups excluding tert-OH is 4. The number of esters is 2. The number of allylic oxidation sites excluding steroid dienone is 7. The lowest BCUT2D eigenvalue weighted by Crippen LogP contribution is -2.29. The van der Waals surface area contributed by atoms with Crippen molar-refractivity contribution in [2.75, 3.05) is 13.2 Å². The van der Waals surface area contributed by atoms with E-state index < -0.39 is 37.0 Å². The summed E-state index contributed by atoms with van der Waals surface area (Å²) in [5, 5.41) is 39.5. The van der Waals surface area contributed by atoms with E-state index >= 15 is 0 Å². The molecule has 4 N–H and O–H groups in total. The molecule has 0 aromatic rings. The third-order valence-electron chi connectivity index (χ3n) is 6.85. The van der Waals surface area contributed by atoms with Gasteiger partial charge in [-0.25, -0.2) is 0 Å². The van der Waals surface area contributed by atoms with Gasteiger partial charge in [0.05, 0.1) is 24.9 Å². The molecule has 0 aromatic carbocycles. The Morgan fingerprint density at radius 2 is 1.30 bits per heavy atom. The quantitative estimate of drug-likeness (QED) is 0.0357. The van der Waals surface area contributed by atoms with Crippen LogP contribution in [-0.2, 0) is 19.1 Å². The van der Waals surface area contributed by atoms with Gasteiger partial charge < -0.3 is 29.9 Å². The standard InChI is InChI=1S/C36H60O8/c1-4-5-15-22-31(38)23-17-12-9-10-13-18-24-33(39)34(40)25-20-27-36(42)44-32(28-37)29-43-35(41)26-19-14-8-6-7-11-16-21-30(2)3/h5,9-10,12-13,15,17-18,23-24,30-34,37-40H,4,6-8,11,14,16,19-22,25-29H2,1-3H3/b12-9+,13-10-,15-5-,23-17+,24-18-/t31-,32-,33+,34+/m0/s1. The molecule has 0 unspecified atom stereocenters. The Kier molecular flexibility index (Phi) is 27.5. The fourth-order valence-electron chi connectivity index (χ4n) is 4.20. The van der Waals surface area contributed by atoms with Gasteiger partial charge in [-0.05, 0) is 38.0 Å². The molecule has 0 saturated carbocycles. The summed E-state index contributed by atoms with van der Waals surface area (Å²) in [4.78, 5) is 24.1. The zero-order valence-electron chi connectivity index (χ0n) is 27.4. The summed E-state index contributed by atoms with van der Waals surface area (Å²) in [6, 6.07) is 0. The molecule has 0 aromatic heterocycles. The smallest absolute Gasteiger partial charge is 0.306 e. The van der Waals surface area contributed by atoms with E-state index in [2.05, 4.69) is 13.8 Å². The lowest BCUT2D eigenvalue weighted by atomic mass is 10.0. The van der Waals surface area contributed by atoms with Crippen LogP contribution >= 0.6 is 0 Å². The molecule has 44 heavy (non-hydrogen) atoms. The highest BCUT2D eigenvalue weighted by Gasteiger charge is 2.18. The van der Waals surface area contributed by atoms with E-state index in [4.69, 9.17) is 9.47 Å². The SMILES string of the molecule is CC/C=C\C[C@H](O)/C=C/C=C/C=C\C=C/[C@@H](O)[C@H](O)CCCC(=O)O[C@@H](CO)COC(=O)CCCCCCCCCC(C)C. The Morgan fingerprint density at radius 1 is 0.705 bits per heavy atom. The Balaban J connectivity index is 4.06. The van der Waals surface area contributed by atoms with Crippen LogP contribution in [0.5, 0.6) is 0 Å². The lowest BCUT2D eigenvalue weighted by Gasteiger charge is -2.17. The van der Waals surface area contributed by atoms with Crippen LogP contribution < -0.4 is 0 Å². The third-order valence-corrected chi connectivity index (χ3v) is 6.85. The van der Waals surface area contributed by atoms with Crippen molar-refractivity contribution in [3.63, 3.8) is 0 Å². The number of hydrogen-bond acceptors (Lipinski definition) is 8. The van der Waals surface area contributed by atoms with E-state index in [1.165, 1.54) is 38.2 Å². The Morgan fingerprint density at radius 3 is 1.93 bits per heavy atom. The number of hydrogen-bond donors (Lipinski definition) is 4. The van der Waals surface area contributed by atoms with Gasteiger partial charge in [0, 0.05) is 12.8 Å². The van der Waals surface area contributed by atoms with Crippen molar-refractivity contribution in [2.45, 2.75) is 135 Å². The minimum absolute atomic E-state index is 0.00276. The van der Waals surface area contributed by atoms with E-state index in [0.29, 0.717) is 12.8 Å². The predicted octanol–water partition coefficient (Wildman–Crippen LogP) is 6.43. The zero-order valence-corrected chi connectivity index (χ0v) is 27.4. The highest BCUT2D eigenvalue weighted by atomic mass is 16.6. The highest BCUT2D eigenvalue weighted by Crippen LogP contribution is 2.13. The Labute approximate surface area is 266 Å². The van der Waals surface area contributed by atoms with Crippen molar-refractivity contribution in [2.24, 2.45) is 5.92 Å². The molecule has 0 aliphatic rings. The van der Waals surface area contributed by atoms with Gasteiger partial charge in [-0.15, -0.1) is 0 Å². The van der Waals surface area contributed by atoms with Crippen molar-refractivity contribution >= 4 is 11.9 Å². The fourth-order valence-corrected chi connectivity index (χ4v) is 4.20. The molecule has 0 radical (unpaired) electrons. The van der Waals surface area contributed by atoms with E-state index in [9.17, 15) is 30.0 Å². The van der Waals surface area contributed by atoms with Gasteiger partial charge >= 0.3 is 11.9 Å². The summed E-state index contributed by atoms with van der Waals surface area (Å²) in [5.41, 5.74) is 0. The van der Waals surface area contributed by atoms with Crippen LogP contribution in [0.2, 0.25) is 0 Å². The molecule has 0 spiro atoms. The second kappa shape index (κ2) is 29.2. The van der Waals surface area contributed by atoms with Crippen molar-refractivity contribution in [1.29, 1.82) is 0 Å². The minimum Gasteiger partial charge on any atom is -0.462 e. The molecule has 8 nitrogen and oxygen atoms in total. The molecule has 0 rings (SSSR count). The second-order valence-electron chi connectivity index (χ2n) is 11.6. The molecule has 0 bridgehead atoms. The van der Waals surface area contributed by atoms with Crippen LogP contribution in [0.4, 0.5) is 0 Å². The van der Waals surface area contributed by atoms with Crippen LogP contribution in [0.15, 0.2) is 60.8 Å². The summed E-state index contributed by atoms with van der Waals surface area (Å²) in [7, 11) is 0. The van der Waals surface area contributed by atoms with E-state index in [0.717, 1.165) is 31.6 Å². The van der Waals surface area contributed by atoms with E-state index in [1.807, 2.05) is 19.1 Å². The largest absolute Gasteiger partial charge is 0.462 e. The van der Waals surface area contributed by atoms with Crippen LogP contribution in [0.25, 0.3) is 0 Å². The zero-order chi connectivity index (χ0) is 32.8. The maximum absolute atomic E-state index is 12.1. The van der Waals surface area contributed by atoms with Crippen LogP contribution in [0, 0.1) is 5.92 Å². The van der Waals surface area contributed by atoms with E-state index in [-0.39, 0.29) is 31.8 Å². The maximum Gasteiger partial charge on any atom is 0.306 e. The summed E-state index contributed by atoms with van der Waals surface area (Å²) in [5.74, 6) is -0.172. The molecule has 0 aliphatic heterocycles. The number of unbranched alkanes of at least 4 members (excludes halogenated alkanes) is 6. The lowest BCUT2D eigenvalue weighted by molar-refractivity contribution is -0.161. The van der Waals surface area contributed by atoms with Crippen molar-refractivity contribution < 1.29 is 39.5 Å². The second-order valence-corrected chi connectivity index (χ2v) is 11.6. The molecule has 0 fully saturated rings. The first-order chi connectivity index (χ1) is 21.2. The average Bonchev–Trinajstić information content (AvgIpc) is 2.99. The number of rotatable bonds is 27. The average molecular weight is 621 g/mol. The summed E-state index contributed by atoms with van der Waals surface area (Å²) >= 11 is 0. The van der Waals surface area contributed by atoms with Gasteiger partial charge in [0.2, 0.25) is 0 Å². The van der Waals surface area contributed by atoms with Crippen LogP contribution in [0.3, 0.4) is 0 Å². The molecular formula is C36H60O8. The van der Waals surface area contributed by atoms with E-state index in [1.54, 1.807) is 42.5 Å². The van der Waals surface area contributed by atoms with Crippen molar-refractivity contribution in [3.05, 3.63) is 60.8 Å². The minimum atomic E-state index is -1.09. The first-order valence-corrected chi connectivity index (χ1v) is 16.5. The monoisotopic (exact) mass is 620 g/mol. The Bertz CT molecular complexity index is 858. The summed E-state index contributed by atoms with van der Waals surface area (Å²) in [6.45, 7) is 5.88. The van der Waals surface area contributed by atoms with Gasteiger partial charge in [-0.1, -0.05) is 126 Å². The first kappa shape index (κ1) is 41.5. The van der Waals surface area contributed by atoms with Gasteiger partial charge in [0.25, 0.3) is 0 Å². The Hall–Kier alpha value is -2.52. The van der Waals surface area contributed by atoms with Crippen LogP contribution in [-0.4, -0.2) is 70.0 Å². The van der Waals surface area contributed by atoms with Gasteiger partial charge in [0.1, 0.15) is 6.61 Å². The van der Waals surface area contributed by atoms with Gasteiger partial charge in [-0.2, -0.15) is 0 Å².